The zero-order valence-corrected chi connectivity index (χ0v) is 20.8. The van der Waals surface area contributed by atoms with Crippen LogP contribution in [0, 0.1) is 11.3 Å². The maximum Gasteiger partial charge on any atom is 0.446 e. The monoisotopic (exact) mass is 504 g/mol. The Hall–Kier alpha value is -2.56. The van der Waals surface area contributed by atoms with E-state index in [0.717, 1.165) is 14.2 Å². The van der Waals surface area contributed by atoms with Gasteiger partial charge in [-0.1, -0.05) is 13.8 Å². The zero-order chi connectivity index (χ0) is 25.6. The van der Waals surface area contributed by atoms with Gasteiger partial charge in [0.05, 0.1) is 35.5 Å². The topological polar surface area (TPSA) is 80.3 Å². The van der Waals surface area contributed by atoms with Crippen LogP contribution in [0.2, 0.25) is 0 Å². The number of hydrogen-bond donors (Lipinski definition) is 0. The first kappa shape index (κ1) is 26.1. The van der Waals surface area contributed by atoms with Gasteiger partial charge in [0, 0.05) is 17.4 Å². The van der Waals surface area contributed by atoms with E-state index in [9.17, 15) is 22.8 Å². The largest absolute Gasteiger partial charge is 0.493 e. The summed E-state index contributed by atoms with van der Waals surface area (Å²) < 4.78 is 67.5. The molecular formula is C23H27F3O7S. The van der Waals surface area contributed by atoms with E-state index >= 15 is 0 Å². The van der Waals surface area contributed by atoms with Gasteiger partial charge in [0.15, 0.2) is 16.9 Å². The van der Waals surface area contributed by atoms with Crippen LogP contribution >= 0.6 is 11.8 Å². The van der Waals surface area contributed by atoms with Crippen molar-refractivity contribution in [2.45, 2.75) is 37.6 Å². The molecule has 0 saturated heterocycles. The summed E-state index contributed by atoms with van der Waals surface area (Å²) >= 11 is -0.335. The highest BCUT2D eigenvalue weighted by atomic mass is 32.2. The quantitative estimate of drug-likeness (QED) is 0.407. The molecule has 0 heterocycles. The van der Waals surface area contributed by atoms with Crippen LogP contribution in [0.3, 0.4) is 0 Å². The lowest BCUT2D eigenvalue weighted by Gasteiger charge is -2.41. The van der Waals surface area contributed by atoms with Crippen molar-refractivity contribution in [2.24, 2.45) is 11.3 Å². The average molecular weight is 505 g/mol. The van der Waals surface area contributed by atoms with Crippen LogP contribution in [0.25, 0.3) is 5.57 Å². The molecule has 0 unspecified atom stereocenters. The molecule has 1 atom stereocenters. The predicted octanol–water partition coefficient (Wildman–Crippen LogP) is 4.71. The normalized spacial score (nSPS) is 20.2. The number of thioether (sulfide) groups is 1. The Bertz CT molecular complexity index is 1030. The number of allylic oxidation sites excluding steroid dienone is 2. The van der Waals surface area contributed by atoms with Crippen molar-refractivity contribution in [1.82, 2.24) is 0 Å². The third-order valence-electron chi connectivity index (χ3n) is 6.69. The Kier molecular flexibility index (Phi) is 6.82. The molecule has 0 bridgehead atoms. The summed E-state index contributed by atoms with van der Waals surface area (Å²) in [6.45, 7) is 3.66. The van der Waals surface area contributed by atoms with Gasteiger partial charge in [-0.05, 0) is 46.2 Å². The molecule has 1 aromatic carbocycles. The van der Waals surface area contributed by atoms with Crippen molar-refractivity contribution in [3.8, 4) is 17.2 Å². The molecule has 0 aromatic heterocycles. The van der Waals surface area contributed by atoms with E-state index in [1.807, 2.05) is 13.8 Å². The fraction of sp³-hybridized carbons (Fsp3) is 0.565. The van der Waals surface area contributed by atoms with Crippen molar-refractivity contribution in [3.05, 3.63) is 22.1 Å². The lowest BCUT2D eigenvalue weighted by molar-refractivity contribution is -0.170. The Balaban J connectivity index is 2.42. The fourth-order valence-electron chi connectivity index (χ4n) is 5.24. The Morgan fingerprint density at radius 3 is 1.97 bits per heavy atom. The molecule has 0 amide bonds. The molecule has 3 rings (SSSR count). The number of methoxy groups -OCH3 is 5. The molecule has 0 saturated carbocycles. The second-order valence-electron chi connectivity index (χ2n) is 8.67. The van der Waals surface area contributed by atoms with E-state index < -0.39 is 40.6 Å². The van der Waals surface area contributed by atoms with Gasteiger partial charge in [0.25, 0.3) is 0 Å². The molecule has 188 valence electrons. The predicted molar refractivity (Wildman–Crippen MR) is 119 cm³/mol. The SMILES string of the molecule is COC(=O)C1(C(=O)OC)CC(SC(F)(F)F)=C2c3cc(OC)c(OC)c(OC)c3C(C)(C)[C@@H]2C1. The number of carbonyl (C=O) groups excluding carboxylic acids is 2. The van der Waals surface area contributed by atoms with Crippen LogP contribution in [0.15, 0.2) is 11.0 Å². The van der Waals surface area contributed by atoms with Crippen LogP contribution in [-0.2, 0) is 24.5 Å². The first-order valence-electron chi connectivity index (χ1n) is 10.3. The van der Waals surface area contributed by atoms with E-state index in [0.29, 0.717) is 28.2 Å². The van der Waals surface area contributed by atoms with Crippen LogP contribution < -0.4 is 14.2 Å². The number of rotatable bonds is 6. The molecule has 7 nitrogen and oxygen atoms in total. The number of fused-ring (bicyclic) bond motifs is 3. The van der Waals surface area contributed by atoms with E-state index in [1.165, 1.54) is 21.3 Å². The molecule has 2 aliphatic carbocycles. The number of benzene rings is 1. The van der Waals surface area contributed by atoms with Crippen molar-refractivity contribution < 1.29 is 46.4 Å². The second kappa shape index (κ2) is 8.90. The third kappa shape index (κ3) is 3.87. The van der Waals surface area contributed by atoms with Crippen LogP contribution in [-0.4, -0.2) is 53.0 Å². The van der Waals surface area contributed by atoms with Gasteiger partial charge in [-0.3, -0.25) is 9.59 Å². The zero-order valence-electron chi connectivity index (χ0n) is 20.0. The molecule has 0 spiro atoms. The van der Waals surface area contributed by atoms with Crippen LogP contribution in [0.1, 0.15) is 37.8 Å². The first-order valence-corrected chi connectivity index (χ1v) is 11.1. The summed E-state index contributed by atoms with van der Waals surface area (Å²) in [7, 11) is 6.47. The molecular weight excluding hydrogens is 477 g/mol. The lowest BCUT2D eigenvalue weighted by Crippen LogP contribution is -2.47. The summed E-state index contributed by atoms with van der Waals surface area (Å²) in [5, 5.41) is 0. The van der Waals surface area contributed by atoms with Gasteiger partial charge in [-0.25, -0.2) is 0 Å². The number of carbonyl (C=O) groups is 2. The molecule has 2 aliphatic rings. The Morgan fingerprint density at radius 2 is 1.53 bits per heavy atom. The van der Waals surface area contributed by atoms with Gasteiger partial charge < -0.3 is 23.7 Å². The Labute approximate surface area is 199 Å². The number of esters is 2. The highest BCUT2D eigenvalue weighted by Crippen LogP contribution is 2.66. The molecule has 0 N–H and O–H groups in total. The molecule has 0 fully saturated rings. The second-order valence-corrected chi connectivity index (χ2v) is 9.83. The summed E-state index contributed by atoms with van der Waals surface area (Å²) in [6, 6.07) is 1.62. The Morgan fingerprint density at radius 1 is 0.971 bits per heavy atom. The van der Waals surface area contributed by atoms with Crippen molar-refractivity contribution in [3.63, 3.8) is 0 Å². The maximum absolute atomic E-state index is 13.7. The van der Waals surface area contributed by atoms with Crippen molar-refractivity contribution in [1.29, 1.82) is 0 Å². The summed E-state index contributed by atoms with van der Waals surface area (Å²) in [5.41, 5.74) is -5.93. The summed E-state index contributed by atoms with van der Waals surface area (Å²) in [6.07, 6.45) is -0.604. The van der Waals surface area contributed by atoms with Crippen molar-refractivity contribution >= 4 is 29.3 Å². The summed E-state index contributed by atoms with van der Waals surface area (Å²) in [4.78, 5) is 25.6. The molecule has 1 aromatic rings. The third-order valence-corrected chi connectivity index (χ3v) is 7.53. The van der Waals surface area contributed by atoms with Crippen molar-refractivity contribution in [2.75, 3.05) is 35.5 Å². The number of halogens is 3. The standard InChI is InChI=1S/C23H27F3O7S/c1-21(2)12-9-22(19(27)32-6,20(28)33-7)10-14(34-23(24,25)26)15(12)11-8-13(29-3)17(30-4)18(31-5)16(11)21/h8,12H,9-10H2,1-7H3/t12-/m1/s1. The van der Waals surface area contributed by atoms with Gasteiger partial charge in [-0.2, -0.15) is 13.2 Å². The number of hydrogen-bond acceptors (Lipinski definition) is 8. The van der Waals surface area contributed by atoms with E-state index in [2.05, 4.69) is 0 Å². The minimum atomic E-state index is -4.66. The molecule has 0 aliphatic heterocycles. The van der Waals surface area contributed by atoms with Gasteiger partial charge in [0.2, 0.25) is 5.75 Å². The van der Waals surface area contributed by atoms with E-state index in [1.54, 1.807) is 6.07 Å². The highest BCUT2D eigenvalue weighted by Gasteiger charge is 2.60. The van der Waals surface area contributed by atoms with Gasteiger partial charge >= 0.3 is 17.4 Å². The molecule has 11 heteroatoms. The lowest BCUT2D eigenvalue weighted by atomic mass is 9.64. The first-order chi connectivity index (χ1) is 15.8. The number of ether oxygens (including phenoxy) is 5. The van der Waals surface area contributed by atoms with E-state index in [-0.39, 0.29) is 28.8 Å². The fourth-order valence-corrected chi connectivity index (χ4v) is 6.20. The number of alkyl halides is 3. The highest BCUT2D eigenvalue weighted by molar-refractivity contribution is 8.04. The van der Waals surface area contributed by atoms with Crippen LogP contribution in [0.5, 0.6) is 17.2 Å². The average Bonchev–Trinajstić information content (AvgIpc) is 3.01. The van der Waals surface area contributed by atoms with E-state index in [4.69, 9.17) is 23.7 Å². The summed E-state index contributed by atoms with van der Waals surface area (Å²) in [5.74, 6) is -1.63. The van der Waals surface area contributed by atoms with Gasteiger partial charge in [-0.15, -0.1) is 0 Å². The van der Waals surface area contributed by atoms with Crippen LogP contribution in [0.4, 0.5) is 13.2 Å². The smallest absolute Gasteiger partial charge is 0.446 e. The van der Waals surface area contributed by atoms with Gasteiger partial charge in [0.1, 0.15) is 0 Å². The minimum Gasteiger partial charge on any atom is -0.493 e. The maximum atomic E-state index is 13.7. The molecule has 0 radical (unpaired) electrons. The minimum absolute atomic E-state index is 0.0982. The molecule has 34 heavy (non-hydrogen) atoms.